The number of hydrogen-bond acceptors (Lipinski definition) is 8. The normalized spacial score (nSPS) is 21.6. The Morgan fingerprint density at radius 2 is 1.91 bits per heavy atom. The van der Waals surface area contributed by atoms with Crippen molar-refractivity contribution in [2.24, 2.45) is 5.16 Å². The molecule has 4 heterocycles. The van der Waals surface area contributed by atoms with E-state index in [1.165, 1.54) is 16.8 Å². The number of pyridine rings is 1. The zero-order valence-electron chi connectivity index (χ0n) is 25.5. The molecule has 1 saturated heterocycles. The minimum absolute atomic E-state index is 0.0152. The lowest BCUT2D eigenvalue weighted by Crippen LogP contribution is -2.52. The van der Waals surface area contributed by atoms with E-state index in [-0.39, 0.29) is 37.0 Å². The second-order valence-electron chi connectivity index (χ2n) is 12.0. The van der Waals surface area contributed by atoms with Gasteiger partial charge in [-0.25, -0.2) is 13.6 Å². The molecular formula is C33H32F2N4O7. The van der Waals surface area contributed by atoms with E-state index in [2.05, 4.69) is 10.5 Å². The lowest BCUT2D eigenvalue weighted by molar-refractivity contribution is -0.0655. The summed E-state index contributed by atoms with van der Waals surface area (Å²) in [6, 6.07) is 9.27. The number of benzene rings is 2. The van der Waals surface area contributed by atoms with Gasteiger partial charge in [0.2, 0.25) is 11.2 Å². The Morgan fingerprint density at radius 1 is 1.13 bits per heavy atom. The van der Waals surface area contributed by atoms with Crippen LogP contribution in [0.3, 0.4) is 0 Å². The largest absolute Gasteiger partial charge is 0.514 e. The summed E-state index contributed by atoms with van der Waals surface area (Å²) in [6.45, 7) is 5.22. The summed E-state index contributed by atoms with van der Waals surface area (Å²) in [5.41, 5.74) is -0.318. The van der Waals surface area contributed by atoms with Gasteiger partial charge in [-0.05, 0) is 50.8 Å². The third kappa shape index (κ3) is 5.61. The molecule has 1 N–H and O–H groups in total. The van der Waals surface area contributed by atoms with E-state index in [9.17, 15) is 28.0 Å². The predicted molar refractivity (Wildman–Crippen MR) is 161 cm³/mol. The number of nitrogens with zero attached hydrogens (tertiary/aromatic N) is 3. The summed E-state index contributed by atoms with van der Waals surface area (Å²) < 4.78 is 40.0. The van der Waals surface area contributed by atoms with E-state index < -0.39 is 58.0 Å². The summed E-state index contributed by atoms with van der Waals surface area (Å²) in [5, 5.41) is 6.67. The Balaban J connectivity index is 1.41. The van der Waals surface area contributed by atoms with Gasteiger partial charge in [-0.15, -0.1) is 0 Å². The number of amides is 2. The van der Waals surface area contributed by atoms with Crippen LogP contribution in [0.2, 0.25) is 0 Å². The quantitative estimate of drug-likeness (QED) is 0.386. The number of aryl methyl sites for hydroxylation is 1. The van der Waals surface area contributed by atoms with Crippen LogP contribution >= 0.6 is 0 Å². The molecule has 2 amide bonds. The van der Waals surface area contributed by atoms with Crippen molar-refractivity contribution in [1.82, 2.24) is 14.8 Å². The second-order valence-corrected chi connectivity index (χ2v) is 12.0. The molecular weight excluding hydrogens is 602 g/mol. The van der Waals surface area contributed by atoms with Crippen LogP contribution in [-0.4, -0.2) is 51.3 Å². The van der Waals surface area contributed by atoms with Crippen LogP contribution < -0.4 is 15.5 Å². The molecule has 0 saturated carbocycles. The molecule has 0 unspecified atom stereocenters. The molecule has 6 rings (SSSR count). The SMILES string of the molecule is CC1=NO[C@@]2(CC[C@H](C)N3C[C@H]2n2cc(C(=O)NCc4ccc(F)cc4F)c(=O)c(OC(=O)OCc4ccccc4C)c2C3=O)C1. The Bertz CT molecular complexity index is 1840. The van der Waals surface area contributed by atoms with E-state index in [1.54, 1.807) is 17.0 Å². The van der Waals surface area contributed by atoms with Gasteiger partial charge in [0.15, 0.2) is 11.3 Å². The van der Waals surface area contributed by atoms with Crippen LogP contribution in [0.1, 0.15) is 76.7 Å². The third-order valence-electron chi connectivity index (χ3n) is 8.92. The summed E-state index contributed by atoms with van der Waals surface area (Å²) in [6.07, 6.45) is 1.54. The van der Waals surface area contributed by atoms with E-state index in [0.29, 0.717) is 30.9 Å². The molecule has 3 aliphatic heterocycles. The first-order valence-corrected chi connectivity index (χ1v) is 14.9. The molecule has 1 fully saturated rings. The molecule has 46 heavy (non-hydrogen) atoms. The minimum Gasteiger partial charge on any atom is -0.429 e. The molecule has 1 aromatic heterocycles. The van der Waals surface area contributed by atoms with Crippen molar-refractivity contribution in [3.05, 3.63) is 98.5 Å². The molecule has 11 nitrogen and oxygen atoms in total. The smallest absolute Gasteiger partial charge is 0.429 e. The molecule has 0 aliphatic carbocycles. The maximum absolute atomic E-state index is 14.3. The predicted octanol–water partition coefficient (Wildman–Crippen LogP) is 4.79. The molecule has 3 atom stereocenters. The highest BCUT2D eigenvalue weighted by Gasteiger charge is 2.54. The van der Waals surface area contributed by atoms with E-state index in [4.69, 9.17) is 14.3 Å². The molecule has 2 aromatic carbocycles. The Labute approximate surface area is 262 Å². The highest BCUT2D eigenvalue weighted by molar-refractivity contribution is 6.00. The number of nitrogens with one attached hydrogen (secondary N) is 1. The minimum atomic E-state index is -1.25. The first-order valence-electron chi connectivity index (χ1n) is 14.9. The second kappa shape index (κ2) is 12.0. The molecule has 13 heteroatoms. The number of ether oxygens (including phenoxy) is 2. The lowest BCUT2D eigenvalue weighted by Gasteiger charge is -2.42. The fourth-order valence-electron chi connectivity index (χ4n) is 6.32. The summed E-state index contributed by atoms with van der Waals surface area (Å²) in [7, 11) is 0. The Morgan fingerprint density at radius 3 is 2.63 bits per heavy atom. The van der Waals surface area contributed by atoms with Crippen molar-refractivity contribution in [3.63, 3.8) is 0 Å². The van der Waals surface area contributed by atoms with Gasteiger partial charge in [0, 0.05) is 43.4 Å². The highest BCUT2D eigenvalue weighted by Crippen LogP contribution is 2.46. The summed E-state index contributed by atoms with van der Waals surface area (Å²) in [5.74, 6) is -3.81. The number of hydrogen-bond donors (Lipinski definition) is 1. The first kappa shape index (κ1) is 30.9. The zero-order chi connectivity index (χ0) is 32.7. The third-order valence-corrected chi connectivity index (χ3v) is 8.92. The maximum Gasteiger partial charge on any atom is 0.514 e. The zero-order valence-corrected chi connectivity index (χ0v) is 25.5. The van der Waals surface area contributed by atoms with Gasteiger partial charge < -0.3 is 29.1 Å². The van der Waals surface area contributed by atoms with E-state index in [0.717, 1.165) is 17.3 Å². The molecule has 2 bridgehead atoms. The van der Waals surface area contributed by atoms with Crippen molar-refractivity contribution in [3.8, 4) is 5.75 Å². The van der Waals surface area contributed by atoms with E-state index in [1.807, 2.05) is 32.9 Å². The lowest BCUT2D eigenvalue weighted by atomic mass is 9.84. The Kier molecular flexibility index (Phi) is 8.09. The molecule has 3 aromatic rings. The van der Waals surface area contributed by atoms with Crippen molar-refractivity contribution in [2.75, 3.05) is 6.54 Å². The van der Waals surface area contributed by atoms with Gasteiger partial charge in [0.1, 0.15) is 23.8 Å². The average Bonchev–Trinajstić information content (AvgIpc) is 3.35. The van der Waals surface area contributed by atoms with Gasteiger partial charge in [0.05, 0.1) is 11.8 Å². The van der Waals surface area contributed by atoms with Crippen LogP contribution in [0.4, 0.5) is 13.6 Å². The van der Waals surface area contributed by atoms with Gasteiger partial charge >= 0.3 is 6.16 Å². The maximum atomic E-state index is 14.3. The topological polar surface area (TPSA) is 129 Å². The number of aromatic nitrogens is 1. The number of oxime groups is 1. The van der Waals surface area contributed by atoms with Crippen molar-refractivity contribution < 1.29 is 37.5 Å². The van der Waals surface area contributed by atoms with Crippen molar-refractivity contribution in [2.45, 2.75) is 70.9 Å². The number of rotatable bonds is 6. The van der Waals surface area contributed by atoms with Crippen LogP contribution in [0.15, 0.2) is 58.6 Å². The standard InChI is InChI=1S/C33H32F2N4O7/c1-18-6-4-5-7-22(18)17-44-32(43)45-29-27-31(42)38-16-26(33(11-10-20(38)3)13-19(2)37-46-33)39(27)15-24(28(29)40)30(41)36-14-21-8-9-23(34)12-25(21)35/h4-9,12,15,20,26H,10-11,13-14,16-17H2,1-3H3,(H,36,41)/t20-,26+,33-/m0/s1. The van der Waals surface area contributed by atoms with E-state index >= 15 is 0 Å². The fraction of sp³-hybridized carbons (Fsp3) is 0.364. The molecule has 240 valence electrons. The van der Waals surface area contributed by atoms with Gasteiger partial charge in [-0.2, -0.15) is 0 Å². The molecule has 0 radical (unpaired) electrons. The number of carbonyl (C=O) groups excluding carboxylic acids is 3. The van der Waals surface area contributed by atoms with Crippen LogP contribution in [0, 0.1) is 18.6 Å². The average molecular weight is 635 g/mol. The van der Waals surface area contributed by atoms with Crippen molar-refractivity contribution >= 4 is 23.7 Å². The van der Waals surface area contributed by atoms with Crippen LogP contribution in [0.5, 0.6) is 5.75 Å². The summed E-state index contributed by atoms with van der Waals surface area (Å²) >= 11 is 0. The monoisotopic (exact) mass is 634 g/mol. The van der Waals surface area contributed by atoms with Gasteiger partial charge in [0.25, 0.3) is 11.8 Å². The van der Waals surface area contributed by atoms with Crippen molar-refractivity contribution in [1.29, 1.82) is 0 Å². The number of fused-ring (bicyclic) bond motifs is 5. The van der Waals surface area contributed by atoms with Gasteiger partial charge in [-0.3, -0.25) is 14.4 Å². The first-order chi connectivity index (χ1) is 22.0. The van der Waals surface area contributed by atoms with Gasteiger partial charge in [-0.1, -0.05) is 35.5 Å². The highest BCUT2D eigenvalue weighted by atomic mass is 19.1. The Hall–Kier alpha value is -5.07. The summed E-state index contributed by atoms with van der Waals surface area (Å²) in [4.78, 5) is 62.0. The number of halogens is 2. The molecule has 3 aliphatic rings. The molecule has 1 spiro atoms. The number of carbonyl (C=O) groups is 3. The fourth-order valence-corrected chi connectivity index (χ4v) is 6.32. The van der Waals surface area contributed by atoms with Crippen LogP contribution in [-0.2, 0) is 22.7 Å². The van der Waals surface area contributed by atoms with Crippen LogP contribution in [0.25, 0.3) is 0 Å².